The highest BCUT2D eigenvalue weighted by Crippen LogP contribution is 2.53. The number of hydrogen-bond acceptors (Lipinski definition) is 2. The molecule has 1 fully saturated rings. The van der Waals surface area contributed by atoms with Crippen LogP contribution in [0, 0.1) is 5.41 Å². The van der Waals surface area contributed by atoms with Gasteiger partial charge in [-0.05, 0) is 42.5 Å². The fourth-order valence-corrected chi connectivity index (χ4v) is 4.31. The van der Waals surface area contributed by atoms with Crippen LogP contribution in [-0.4, -0.2) is 17.4 Å². The van der Waals surface area contributed by atoms with Gasteiger partial charge in [0.25, 0.3) is 5.91 Å². The van der Waals surface area contributed by atoms with E-state index in [0.29, 0.717) is 0 Å². The third-order valence-corrected chi connectivity index (χ3v) is 5.07. The van der Waals surface area contributed by atoms with Crippen molar-refractivity contribution in [2.45, 2.75) is 32.2 Å². The predicted octanol–water partition coefficient (Wildman–Crippen LogP) is 3.60. The number of hydrogen-bond donors (Lipinski definition) is 0. The lowest BCUT2D eigenvalue weighted by Crippen LogP contribution is -2.35. The van der Waals surface area contributed by atoms with Crippen molar-refractivity contribution in [2.24, 2.45) is 5.41 Å². The van der Waals surface area contributed by atoms with Crippen molar-refractivity contribution in [3.63, 3.8) is 0 Å². The molecule has 2 atom stereocenters. The average molecular weight is 281 g/mol. The Morgan fingerprint density at radius 1 is 1.19 bits per heavy atom. The molecule has 4 rings (SSSR count). The maximum Gasteiger partial charge on any atom is 0.254 e. The van der Waals surface area contributed by atoms with Crippen molar-refractivity contribution < 1.29 is 9.21 Å². The monoisotopic (exact) mass is 281 g/mol. The molecular weight excluding hydrogens is 262 g/mol. The summed E-state index contributed by atoms with van der Waals surface area (Å²) in [5, 5.41) is 0. The fraction of sp³-hybridized carbons (Fsp3) is 0.389. The second-order valence-corrected chi connectivity index (χ2v) is 6.95. The van der Waals surface area contributed by atoms with Gasteiger partial charge in [0.05, 0.1) is 11.8 Å². The fourth-order valence-electron chi connectivity index (χ4n) is 4.31. The molecule has 1 saturated heterocycles. The quantitative estimate of drug-likeness (QED) is 0.842. The number of fused-ring (bicyclic) bond motifs is 3. The summed E-state index contributed by atoms with van der Waals surface area (Å²) >= 11 is 0. The molecule has 0 bridgehead atoms. The van der Waals surface area contributed by atoms with Crippen molar-refractivity contribution in [3.8, 4) is 0 Å². The molecule has 3 heteroatoms. The predicted molar refractivity (Wildman–Crippen MR) is 80.0 cm³/mol. The first-order valence-corrected chi connectivity index (χ1v) is 7.46. The number of amides is 1. The highest BCUT2D eigenvalue weighted by atomic mass is 16.3. The largest absolute Gasteiger partial charge is 0.469 e. The van der Waals surface area contributed by atoms with Gasteiger partial charge in [0.15, 0.2) is 0 Å². The van der Waals surface area contributed by atoms with Gasteiger partial charge in [-0.25, -0.2) is 0 Å². The minimum absolute atomic E-state index is 0.0653. The van der Waals surface area contributed by atoms with E-state index in [-0.39, 0.29) is 16.9 Å². The van der Waals surface area contributed by atoms with Gasteiger partial charge < -0.3 is 9.32 Å². The van der Waals surface area contributed by atoms with Crippen LogP contribution in [0.25, 0.3) is 0 Å². The summed E-state index contributed by atoms with van der Waals surface area (Å²) < 4.78 is 5.51. The third-order valence-electron chi connectivity index (χ3n) is 5.07. The Morgan fingerprint density at radius 2 is 2.00 bits per heavy atom. The molecule has 2 aliphatic rings. The minimum atomic E-state index is -0.172. The average Bonchev–Trinajstić information content (AvgIpc) is 3.09. The van der Waals surface area contributed by atoms with E-state index in [2.05, 4.69) is 24.8 Å². The maximum absolute atomic E-state index is 12.7. The van der Waals surface area contributed by atoms with E-state index in [0.717, 1.165) is 30.7 Å². The Hall–Kier alpha value is -2.03. The Balaban J connectivity index is 1.71. The number of benzene rings is 1. The highest BCUT2D eigenvalue weighted by Gasteiger charge is 2.56. The van der Waals surface area contributed by atoms with Crippen molar-refractivity contribution in [2.75, 3.05) is 6.54 Å². The number of carbonyl (C=O) groups is 1. The smallest absolute Gasteiger partial charge is 0.254 e. The molecule has 0 saturated carbocycles. The summed E-state index contributed by atoms with van der Waals surface area (Å²) in [6, 6.07) is 12.0. The van der Waals surface area contributed by atoms with Crippen LogP contribution in [0.4, 0.5) is 0 Å². The van der Waals surface area contributed by atoms with Gasteiger partial charge in [0.2, 0.25) is 0 Å². The van der Waals surface area contributed by atoms with Gasteiger partial charge >= 0.3 is 0 Å². The molecule has 3 nitrogen and oxygen atoms in total. The number of furan rings is 1. The molecule has 21 heavy (non-hydrogen) atoms. The van der Waals surface area contributed by atoms with E-state index < -0.39 is 0 Å². The van der Waals surface area contributed by atoms with E-state index in [9.17, 15) is 4.79 Å². The minimum Gasteiger partial charge on any atom is -0.469 e. The highest BCUT2D eigenvalue weighted by molar-refractivity contribution is 6.00. The van der Waals surface area contributed by atoms with E-state index in [1.165, 1.54) is 5.56 Å². The first kappa shape index (κ1) is 12.7. The van der Waals surface area contributed by atoms with Gasteiger partial charge in [-0.3, -0.25) is 4.79 Å². The Labute approximate surface area is 124 Å². The van der Waals surface area contributed by atoms with E-state index in [1.54, 1.807) is 6.26 Å². The summed E-state index contributed by atoms with van der Waals surface area (Å²) in [4.78, 5) is 14.7. The number of rotatable bonds is 2. The summed E-state index contributed by atoms with van der Waals surface area (Å²) in [5.74, 6) is 1.18. The van der Waals surface area contributed by atoms with Crippen molar-refractivity contribution >= 4 is 5.91 Å². The lowest BCUT2D eigenvalue weighted by atomic mass is 9.77. The first-order valence-electron chi connectivity index (χ1n) is 7.46. The van der Waals surface area contributed by atoms with Crippen LogP contribution in [0.15, 0.2) is 47.1 Å². The van der Waals surface area contributed by atoms with E-state index >= 15 is 0 Å². The van der Waals surface area contributed by atoms with Crippen LogP contribution in [-0.2, 0) is 12.0 Å². The summed E-state index contributed by atoms with van der Waals surface area (Å²) in [7, 11) is 0. The standard InChI is InChI=1S/C18H19NO2/c1-17(10-13-6-5-9-21-13)11-18(2)15-8-4-3-7-14(15)16(20)19(18)12-17/h3-9H,10-12H2,1-2H3/t17-,18+/m1/s1. The van der Waals surface area contributed by atoms with Crippen molar-refractivity contribution in [1.82, 2.24) is 4.90 Å². The second-order valence-electron chi connectivity index (χ2n) is 6.95. The molecule has 1 aromatic carbocycles. The molecule has 108 valence electrons. The second kappa shape index (κ2) is 4.00. The zero-order valence-electron chi connectivity index (χ0n) is 12.4. The van der Waals surface area contributed by atoms with Crippen LogP contribution < -0.4 is 0 Å². The molecule has 0 unspecified atom stereocenters. The lowest BCUT2D eigenvalue weighted by molar-refractivity contribution is 0.0680. The van der Waals surface area contributed by atoms with Gasteiger partial charge in [-0.2, -0.15) is 0 Å². The van der Waals surface area contributed by atoms with Crippen LogP contribution >= 0.6 is 0 Å². The van der Waals surface area contributed by atoms with Crippen LogP contribution in [0.2, 0.25) is 0 Å². The van der Waals surface area contributed by atoms with E-state index in [4.69, 9.17) is 4.42 Å². The zero-order valence-corrected chi connectivity index (χ0v) is 12.4. The van der Waals surface area contributed by atoms with Crippen LogP contribution in [0.1, 0.15) is 41.9 Å². The summed E-state index contributed by atoms with van der Waals surface area (Å²) in [6.07, 6.45) is 3.57. The van der Waals surface area contributed by atoms with Gasteiger partial charge in [0, 0.05) is 18.5 Å². The van der Waals surface area contributed by atoms with Crippen molar-refractivity contribution in [3.05, 3.63) is 59.5 Å². The zero-order chi connectivity index (χ0) is 14.7. The SMILES string of the molecule is C[C@]1(Cc2ccco2)CN2C(=O)c3ccccc3[C@]2(C)C1. The Bertz CT molecular complexity index is 706. The molecule has 1 aromatic heterocycles. The maximum atomic E-state index is 12.7. The lowest BCUT2D eigenvalue weighted by Gasteiger charge is -2.28. The Kier molecular flexibility index (Phi) is 2.42. The summed E-state index contributed by atoms with van der Waals surface area (Å²) in [5.41, 5.74) is 1.95. The molecule has 0 N–H and O–H groups in total. The first-order chi connectivity index (χ1) is 10.0. The number of carbonyl (C=O) groups excluding carboxylic acids is 1. The third kappa shape index (κ3) is 1.70. The molecule has 3 heterocycles. The molecule has 1 amide bonds. The molecule has 2 aliphatic heterocycles. The molecule has 2 aromatic rings. The number of nitrogens with zero attached hydrogens (tertiary/aromatic N) is 1. The van der Waals surface area contributed by atoms with Gasteiger partial charge in [-0.1, -0.05) is 25.1 Å². The Morgan fingerprint density at radius 3 is 2.76 bits per heavy atom. The molecular formula is C18H19NO2. The van der Waals surface area contributed by atoms with E-state index in [1.807, 2.05) is 30.3 Å². The van der Waals surface area contributed by atoms with Gasteiger partial charge in [-0.15, -0.1) is 0 Å². The van der Waals surface area contributed by atoms with Crippen molar-refractivity contribution in [1.29, 1.82) is 0 Å². The van der Waals surface area contributed by atoms with Crippen LogP contribution in [0.3, 0.4) is 0 Å². The van der Waals surface area contributed by atoms with Gasteiger partial charge in [0.1, 0.15) is 5.76 Å². The molecule has 0 radical (unpaired) electrons. The summed E-state index contributed by atoms with van der Waals surface area (Å²) in [6.45, 7) is 5.25. The topological polar surface area (TPSA) is 33.5 Å². The normalized spacial score (nSPS) is 30.6. The van der Waals surface area contributed by atoms with Crippen LogP contribution in [0.5, 0.6) is 0 Å². The molecule has 0 aliphatic carbocycles. The molecule has 0 spiro atoms.